The number of nitrogens with zero attached hydrogens (tertiary/aromatic N) is 1. The maximum Gasteiger partial charge on any atom is 0.191 e. The average Bonchev–Trinajstić information content (AvgIpc) is 2.22. The Bertz CT molecular complexity index is 198. The SMILES string of the molecule is CCN=C(NCC)NC1CCC(C)CC1.I. The first-order valence-corrected chi connectivity index (χ1v) is 6.31. The van der Waals surface area contributed by atoms with E-state index in [2.05, 4.69) is 36.4 Å². The standard InChI is InChI=1S/C12H25N3.HI/c1-4-13-12(14-5-2)15-11-8-6-10(3)7-9-11;/h10-11H,4-9H2,1-3H3,(H2,13,14,15);1H. The topological polar surface area (TPSA) is 36.4 Å². The molecule has 1 saturated carbocycles. The quantitative estimate of drug-likeness (QED) is 0.471. The first-order valence-electron chi connectivity index (χ1n) is 6.31. The molecule has 16 heavy (non-hydrogen) atoms. The molecule has 1 aliphatic carbocycles. The molecule has 0 spiro atoms. The Kier molecular flexibility index (Phi) is 9.07. The van der Waals surface area contributed by atoms with Crippen molar-refractivity contribution in [3.63, 3.8) is 0 Å². The molecular formula is C12H26IN3. The summed E-state index contributed by atoms with van der Waals surface area (Å²) in [5.41, 5.74) is 0. The minimum Gasteiger partial charge on any atom is -0.357 e. The van der Waals surface area contributed by atoms with E-state index in [1.807, 2.05) is 0 Å². The van der Waals surface area contributed by atoms with Crippen LogP contribution in [0.2, 0.25) is 0 Å². The third-order valence-electron chi connectivity index (χ3n) is 3.02. The molecule has 96 valence electrons. The van der Waals surface area contributed by atoms with Crippen LogP contribution in [-0.2, 0) is 0 Å². The van der Waals surface area contributed by atoms with Crippen LogP contribution in [0.1, 0.15) is 46.5 Å². The summed E-state index contributed by atoms with van der Waals surface area (Å²) in [5.74, 6) is 1.90. The average molecular weight is 339 g/mol. The van der Waals surface area contributed by atoms with E-state index in [0.29, 0.717) is 6.04 Å². The smallest absolute Gasteiger partial charge is 0.191 e. The van der Waals surface area contributed by atoms with Gasteiger partial charge in [-0.15, -0.1) is 24.0 Å². The first kappa shape index (κ1) is 16.0. The molecule has 3 nitrogen and oxygen atoms in total. The van der Waals surface area contributed by atoms with Gasteiger partial charge in [-0.25, -0.2) is 0 Å². The number of nitrogens with one attached hydrogen (secondary N) is 2. The van der Waals surface area contributed by atoms with Gasteiger partial charge in [0.05, 0.1) is 0 Å². The lowest BCUT2D eigenvalue weighted by molar-refractivity contribution is 0.329. The second-order valence-corrected chi connectivity index (χ2v) is 4.45. The molecule has 4 heteroatoms. The van der Waals surface area contributed by atoms with E-state index >= 15 is 0 Å². The van der Waals surface area contributed by atoms with Gasteiger partial charge < -0.3 is 10.6 Å². The highest BCUT2D eigenvalue weighted by molar-refractivity contribution is 14.0. The lowest BCUT2D eigenvalue weighted by atomic mass is 9.87. The molecule has 1 rings (SSSR count). The fraction of sp³-hybridized carbons (Fsp3) is 0.917. The molecule has 1 aliphatic rings. The highest BCUT2D eigenvalue weighted by atomic mass is 127. The third kappa shape index (κ3) is 5.92. The number of rotatable bonds is 3. The van der Waals surface area contributed by atoms with Crippen molar-refractivity contribution in [2.24, 2.45) is 10.9 Å². The van der Waals surface area contributed by atoms with Crippen molar-refractivity contribution in [2.75, 3.05) is 13.1 Å². The molecule has 0 amide bonds. The van der Waals surface area contributed by atoms with Crippen LogP contribution in [0.3, 0.4) is 0 Å². The van der Waals surface area contributed by atoms with E-state index in [1.54, 1.807) is 0 Å². The largest absolute Gasteiger partial charge is 0.357 e. The van der Waals surface area contributed by atoms with Crippen LogP contribution in [0.5, 0.6) is 0 Å². The fourth-order valence-electron chi connectivity index (χ4n) is 2.08. The van der Waals surface area contributed by atoms with Gasteiger partial charge >= 0.3 is 0 Å². The summed E-state index contributed by atoms with van der Waals surface area (Å²) in [6.07, 6.45) is 5.27. The molecule has 1 fully saturated rings. The first-order chi connectivity index (χ1) is 7.26. The van der Waals surface area contributed by atoms with Crippen LogP contribution in [0.25, 0.3) is 0 Å². The molecule has 0 heterocycles. The van der Waals surface area contributed by atoms with E-state index < -0.39 is 0 Å². The van der Waals surface area contributed by atoms with Crippen LogP contribution in [0.4, 0.5) is 0 Å². The van der Waals surface area contributed by atoms with Crippen molar-refractivity contribution in [1.82, 2.24) is 10.6 Å². The van der Waals surface area contributed by atoms with Crippen LogP contribution >= 0.6 is 24.0 Å². The summed E-state index contributed by atoms with van der Waals surface area (Å²) in [5, 5.41) is 6.80. The molecule has 2 N–H and O–H groups in total. The Morgan fingerprint density at radius 2 is 1.81 bits per heavy atom. The Morgan fingerprint density at radius 3 is 2.31 bits per heavy atom. The monoisotopic (exact) mass is 339 g/mol. The molecule has 0 radical (unpaired) electrons. The summed E-state index contributed by atoms with van der Waals surface area (Å²) in [6.45, 7) is 8.31. The van der Waals surface area contributed by atoms with Gasteiger partial charge in [0.1, 0.15) is 0 Å². The van der Waals surface area contributed by atoms with Gasteiger partial charge in [-0.2, -0.15) is 0 Å². The predicted octanol–water partition coefficient (Wildman–Crippen LogP) is 2.76. The van der Waals surface area contributed by atoms with Crippen LogP contribution < -0.4 is 10.6 Å². The Labute approximate surface area is 117 Å². The van der Waals surface area contributed by atoms with Gasteiger partial charge in [-0.05, 0) is 45.4 Å². The van der Waals surface area contributed by atoms with E-state index in [4.69, 9.17) is 0 Å². The predicted molar refractivity (Wildman–Crippen MR) is 81.6 cm³/mol. The number of halogens is 1. The lowest BCUT2D eigenvalue weighted by Gasteiger charge is -2.28. The second-order valence-electron chi connectivity index (χ2n) is 4.45. The molecule has 0 aromatic heterocycles. The maximum atomic E-state index is 4.42. The van der Waals surface area contributed by atoms with Gasteiger partial charge in [0, 0.05) is 19.1 Å². The van der Waals surface area contributed by atoms with E-state index in [9.17, 15) is 0 Å². The zero-order chi connectivity index (χ0) is 11.1. The Morgan fingerprint density at radius 1 is 1.19 bits per heavy atom. The van der Waals surface area contributed by atoms with Crippen LogP contribution in [0.15, 0.2) is 4.99 Å². The van der Waals surface area contributed by atoms with Crippen LogP contribution in [0, 0.1) is 5.92 Å². The molecule has 0 aromatic rings. The number of aliphatic imine (C=N–C) groups is 1. The summed E-state index contributed by atoms with van der Waals surface area (Å²) < 4.78 is 0. The van der Waals surface area contributed by atoms with Crippen molar-refractivity contribution in [3.05, 3.63) is 0 Å². The fourth-order valence-corrected chi connectivity index (χ4v) is 2.08. The molecule has 0 aliphatic heterocycles. The number of guanidine groups is 1. The van der Waals surface area contributed by atoms with Crippen molar-refractivity contribution in [3.8, 4) is 0 Å². The third-order valence-corrected chi connectivity index (χ3v) is 3.02. The second kappa shape index (κ2) is 9.07. The van der Waals surface area contributed by atoms with Gasteiger partial charge in [0.2, 0.25) is 0 Å². The van der Waals surface area contributed by atoms with Gasteiger partial charge in [-0.1, -0.05) is 6.92 Å². The molecule has 0 unspecified atom stereocenters. The summed E-state index contributed by atoms with van der Waals surface area (Å²) in [4.78, 5) is 4.42. The lowest BCUT2D eigenvalue weighted by Crippen LogP contribution is -2.44. The van der Waals surface area contributed by atoms with Crippen LogP contribution in [-0.4, -0.2) is 25.1 Å². The summed E-state index contributed by atoms with van der Waals surface area (Å²) in [6, 6.07) is 0.630. The van der Waals surface area contributed by atoms with E-state index in [0.717, 1.165) is 25.0 Å². The van der Waals surface area contributed by atoms with E-state index in [1.165, 1.54) is 25.7 Å². The van der Waals surface area contributed by atoms with Gasteiger partial charge in [0.15, 0.2) is 5.96 Å². The molecular weight excluding hydrogens is 313 g/mol. The number of hydrogen-bond donors (Lipinski definition) is 2. The Balaban J connectivity index is 0.00000225. The molecule has 0 bridgehead atoms. The highest BCUT2D eigenvalue weighted by Crippen LogP contribution is 2.23. The molecule has 0 aromatic carbocycles. The van der Waals surface area contributed by atoms with Crippen molar-refractivity contribution < 1.29 is 0 Å². The molecule has 0 saturated heterocycles. The van der Waals surface area contributed by atoms with Gasteiger partial charge in [0.25, 0.3) is 0 Å². The zero-order valence-corrected chi connectivity index (χ0v) is 13.1. The minimum atomic E-state index is 0. The number of hydrogen-bond acceptors (Lipinski definition) is 1. The Hall–Kier alpha value is 0. The van der Waals surface area contributed by atoms with Crippen molar-refractivity contribution in [2.45, 2.75) is 52.5 Å². The zero-order valence-electron chi connectivity index (χ0n) is 10.8. The normalized spacial score (nSPS) is 25.8. The van der Waals surface area contributed by atoms with E-state index in [-0.39, 0.29) is 24.0 Å². The van der Waals surface area contributed by atoms with Crippen molar-refractivity contribution >= 4 is 29.9 Å². The maximum absolute atomic E-state index is 4.42. The minimum absolute atomic E-state index is 0. The highest BCUT2D eigenvalue weighted by Gasteiger charge is 2.18. The molecule has 0 atom stereocenters. The summed E-state index contributed by atoms with van der Waals surface area (Å²) >= 11 is 0. The van der Waals surface area contributed by atoms with Gasteiger partial charge in [-0.3, -0.25) is 4.99 Å². The summed E-state index contributed by atoms with van der Waals surface area (Å²) in [7, 11) is 0. The van der Waals surface area contributed by atoms with Crippen molar-refractivity contribution in [1.29, 1.82) is 0 Å².